The average Bonchev–Trinajstić information content (AvgIpc) is 2.57. The molecule has 2 aromatic carbocycles. The van der Waals surface area contributed by atoms with Gasteiger partial charge in [-0.25, -0.2) is 4.39 Å². The van der Waals surface area contributed by atoms with Gasteiger partial charge in [-0.1, -0.05) is 56.9 Å². The Morgan fingerprint density at radius 3 is 2.56 bits per heavy atom. The fraction of sp³-hybridized carbons (Fsp3) is 0.500. The topological polar surface area (TPSA) is 9.23 Å². The molecule has 0 bridgehead atoms. The third kappa shape index (κ3) is 3.91. The van der Waals surface area contributed by atoms with Gasteiger partial charge in [0.15, 0.2) is 11.6 Å². The molecule has 0 amide bonds. The van der Waals surface area contributed by atoms with Crippen molar-refractivity contribution < 1.29 is 22.3 Å². The molecule has 5 heteroatoms. The van der Waals surface area contributed by atoms with Gasteiger partial charge >= 0.3 is 6.36 Å². The molecule has 3 rings (SSSR count). The van der Waals surface area contributed by atoms with Crippen LogP contribution in [0, 0.1) is 11.7 Å². The number of benzene rings is 2. The number of hydrogen-bond donors (Lipinski definition) is 0. The number of fused-ring (bicyclic) bond motifs is 1. The van der Waals surface area contributed by atoms with E-state index in [4.69, 9.17) is 0 Å². The number of halogens is 4. The van der Waals surface area contributed by atoms with E-state index in [0.717, 1.165) is 38.5 Å². The maximum absolute atomic E-state index is 14.9. The van der Waals surface area contributed by atoms with Gasteiger partial charge in [0.05, 0.1) is 0 Å². The van der Waals surface area contributed by atoms with Crippen molar-refractivity contribution in [2.24, 2.45) is 5.92 Å². The van der Waals surface area contributed by atoms with Crippen molar-refractivity contribution in [1.82, 2.24) is 0 Å². The summed E-state index contributed by atoms with van der Waals surface area (Å²) in [6.45, 7) is 2.07. The fourth-order valence-corrected chi connectivity index (χ4v) is 4.13. The standard InChI is InChI=1S/C20H22F4O/c1-2-7-13-8-3-5-10-15(13)17-12-14-9-4-6-11-16(14)18(21)19(17)25-20(22,23)24/h4,6,9,11-13,15H,2-3,5,7-8,10H2,1H3. The summed E-state index contributed by atoms with van der Waals surface area (Å²) >= 11 is 0. The van der Waals surface area contributed by atoms with E-state index in [1.807, 2.05) is 0 Å². The van der Waals surface area contributed by atoms with Crippen molar-refractivity contribution in [3.8, 4) is 5.75 Å². The molecule has 0 radical (unpaired) electrons. The zero-order valence-electron chi connectivity index (χ0n) is 14.2. The van der Waals surface area contributed by atoms with Crippen molar-refractivity contribution in [2.75, 3.05) is 0 Å². The summed E-state index contributed by atoms with van der Waals surface area (Å²) in [5.41, 5.74) is 0.367. The van der Waals surface area contributed by atoms with E-state index in [2.05, 4.69) is 11.7 Å². The molecule has 2 unspecified atom stereocenters. The summed E-state index contributed by atoms with van der Waals surface area (Å²) in [7, 11) is 0. The number of rotatable bonds is 4. The minimum atomic E-state index is -4.91. The Morgan fingerprint density at radius 1 is 1.12 bits per heavy atom. The van der Waals surface area contributed by atoms with Crippen molar-refractivity contribution in [2.45, 2.75) is 57.7 Å². The molecule has 25 heavy (non-hydrogen) atoms. The quantitative estimate of drug-likeness (QED) is 0.540. The van der Waals surface area contributed by atoms with Gasteiger partial charge in [0.2, 0.25) is 0 Å². The largest absolute Gasteiger partial charge is 0.573 e. The van der Waals surface area contributed by atoms with Crippen LogP contribution in [0.3, 0.4) is 0 Å². The highest BCUT2D eigenvalue weighted by Crippen LogP contribution is 2.46. The maximum atomic E-state index is 14.9. The number of hydrogen-bond acceptors (Lipinski definition) is 1. The predicted octanol–water partition coefficient (Wildman–Crippen LogP) is 6.95. The molecule has 1 aliphatic rings. The first-order valence-corrected chi connectivity index (χ1v) is 8.87. The summed E-state index contributed by atoms with van der Waals surface area (Å²) in [6, 6.07) is 8.29. The van der Waals surface area contributed by atoms with E-state index < -0.39 is 17.9 Å². The lowest BCUT2D eigenvalue weighted by Crippen LogP contribution is -2.23. The van der Waals surface area contributed by atoms with Crippen LogP contribution < -0.4 is 4.74 Å². The van der Waals surface area contributed by atoms with Crippen molar-refractivity contribution in [3.05, 3.63) is 41.7 Å². The molecule has 2 aromatic rings. The Kier molecular flexibility index (Phi) is 5.21. The fourth-order valence-electron chi connectivity index (χ4n) is 4.13. The first-order chi connectivity index (χ1) is 11.9. The van der Waals surface area contributed by atoms with Crippen LogP contribution in [-0.4, -0.2) is 6.36 Å². The molecule has 1 aliphatic carbocycles. The lowest BCUT2D eigenvalue weighted by atomic mass is 9.73. The van der Waals surface area contributed by atoms with Crippen LogP contribution >= 0.6 is 0 Å². The second-order valence-corrected chi connectivity index (χ2v) is 6.82. The Hall–Kier alpha value is -1.78. The van der Waals surface area contributed by atoms with Crippen LogP contribution in [0.5, 0.6) is 5.75 Å². The molecule has 0 spiro atoms. The predicted molar refractivity (Wildman–Crippen MR) is 90.2 cm³/mol. The van der Waals surface area contributed by atoms with E-state index in [0.29, 0.717) is 10.9 Å². The molecule has 0 heterocycles. The minimum absolute atomic E-state index is 0.0924. The molecule has 0 aromatic heterocycles. The monoisotopic (exact) mass is 354 g/mol. The lowest BCUT2D eigenvalue weighted by molar-refractivity contribution is -0.275. The third-order valence-corrected chi connectivity index (χ3v) is 5.16. The highest BCUT2D eigenvalue weighted by Gasteiger charge is 2.37. The van der Waals surface area contributed by atoms with Crippen LogP contribution in [0.15, 0.2) is 30.3 Å². The Morgan fingerprint density at radius 2 is 1.84 bits per heavy atom. The van der Waals surface area contributed by atoms with Crippen LogP contribution in [-0.2, 0) is 0 Å². The Balaban J connectivity index is 2.15. The van der Waals surface area contributed by atoms with Gasteiger partial charge in [0.1, 0.15) is 0 Å². The molecule has 136 valence electrons. The third-order valence-electron chi connectivity index (χ3n) is 5.16. The zero-order valence-corrected chi connectivity index (χ0v) is 14.2. The number of ether oxygens (including phenoxy) is 1. The van der Waals surface area contributed by atoms with Gasteiger partial charge in [-0.15, -0.1) is 13.2 Å². The van der Waals surface area contributed by atoms with Crippen LogP contribution in [0.1, 0.15) is 56.9 Å². The molecule has 1 fully saturated rings. The van der Waals surface area contributed by atoms with Crippen LogP contribution in [0.25, 0.3) is 10.8 Å². The first kappa shape index (κ1) is 18.0. The molecule has 0 N–H and O–H groups in total. The molecule has 2 atom stereocenters. The highest BCUT2D eigenvalue weighted by atomic mass is 19.4. The van der Waals surface area contributed by atoms with Crippen molar-refractivity contribution >= 4 is 10.8 Å². The van der Waals surface area contributed by atoms with Gasteiger partial charge < -0.3 is 4.74 Å². The number of alkyl halides is 3. The Labute approximate surface area is 145 Å². The first-order valence-electron chi connectivity index (χ1n) is 8.87. The molecule has 1 saturated carbocycles. The second-order valence-electron chi connectivity index (χ2n) is 6.82. The van der Waals surface area contributed by atoms with Crippen molar-refractivity contribution in [1.29, 1.82) is 0 Å². The van der Waals surface area contributed by atoms with Gasteiger partial charge in [0, 0.05) is 10.9 Å². The summed E-state index contributed by atoms with van der Waals surface area (Å²) in [5, 5.41) is 0.777. The average molecular weight is 354 g/mol. The SMILES string of the molecule is CCCC1CCCCC1c1cc2ccccc2c(F)c1OC(F)(F)F. The van der Waals surface area contributed by atoms with Gasteiger partial charge in [-0.3, -0.25) is 0 Å². The van der Waals surface area contributed by atoms with Crippen LogP contribution in [0.2, 0.25) is 0 Å². The summed E-state index contributed by atoms with van der Waals surface area (Å²) in [6.07, 6.45) is 0.761. The highest BCUT2D eigenvalue weighted by molar-refractivity contribution is 5.86. The normalized spacial score (nSPS) is 21.5. The van der Waals surface area contributed by atoms with E-state index in [-0.39, 0.29) is 17.2 Å². The van der Waals surface area contributed by atoms with Crippen LogP contribution in [0.4, 0.5) is 17.6 Å². The van der Waals surface area contributed by atoms with E-state index in [9.17, 15) is 17.6 Å². The maximum Gasteiger partial charge on any atom is 0.573 e. The van der Waals surface area contributed by atoms with Gasteiger partial charge in [-0.05, 0) is 36.1 Å². The van der Waals surface area contributed by atoms with Gasteiger partial charge in [0.25, 0.3) is 0 Å². The summed E-state index contributed by atoms with van der Waals surface area (Å²) in [5.74, 6) is -1.37. The summed E-state index contributed by atoms with van der Waals surface area (Å²) < 4.78 is 57.9. The van der Waals surface area contributed by atoms with Crippen molar-refractivity contribution in [3.63, 3.8) is 0 Å². The van der Waals surface area contributed by atoms with E-state index in [1.165, 1.54) is 6.07 Å². The molecule has 0 saturated heterocycles. The summed E-state index contributed by atoms with van der Waals surface area (Å²) in [4.78, 5) is 0. The molecule has 0 aliphatic heterocycles. The molecular formula is C20H22F4O. The molecule has 1 nitrogen and oxygen atoms in total. The Bertz CT molecular complexity index is 736. The zero-order chi connectivity index (χ0) is 18.0. The smallest absolute Gasteiger partial charge is 0.402 e. The minimum Gasteiger partial charge on any atom is -0.402 e. The van der Waals surface area contributed by atoms with E-state index >= 15 is 0 Å². The van der Waals surface area contributed by atoms with Gasteiger partial charge in [-0.2, -0.15) is 0 Å². The second kappa shape index (κ2) is 7.22. The van der Waals surface area contributed by atoms with E-state index in [1.54, 1.807) is 24.3 Å². The lowest BCUT2D eigenvalue weighted by Gasteiger charge is -2.33. The molecular weight excluding hydrogens is 332 g/mol.